The van der Waals surface area contributed by atoms with E-state index in [1.54, 1.807) is 50.6 Å². The Morgan fingerprint density at radius 2 is 1.91 bits per heavy atom. The zero-order chi connectivity index (χ0) is 15.9. The lowest BCUT2D eigenvalue weighted by Crippen LogP contribution is -2.09. The van der Waals surface area contributed by atoms with Crippen LogP contribution in [0.3, 0.4) is 0 Å². The van der Waals surface area contributed by atoms with Crippen molar-refractivity contribution in [1.29, 1.82) is 0 Å². The summed E-state index contributed by atoms with van der Waals surface area (Å²) in [7, 11) is 3.10. The average Bonchev–Trinajstić information content (AvgIpc) is 2.54. The lowest BCUT2D eigenvalue weighted by Gasteiger charge is -2.07. The second-order valence-corrected chi connectivity index (χ2v) is 4.41. The van der Waals surface area contributed by atoms with Gasteiger partial charge in [-0.25, -0.2) is 4.39 Å². The normalized spacial score (nSPS) is 10.5. The van der Waals surface area contributed by atoms with Crippen LogP contribution in [0.1, 0.15) is 5.56 Å². The van der Waals surface area contributed by atoms with Crippen LogP contribution in [0.15, 0.2) is 48.5 Å². The maximum Gasteiger partial charge on any atom is 0.248 e. The molecule has 0 aliphatic rings. The van der Waals surface area contributed by atoms with Crippen molar-refractivity contribution in [2.24, 2.45) is 0 Å². The number of carbonyl (C=O) groups is 1. The largest absolute Gasteiger partial charge is 0.497 e. The molecule has 0 saturated carbocycles. The predicted octanol–water partition coefficient (Wildman–Crippen LogP) is 3.49. The van der Waals surface area contributed by atoms with Gasteiger partial charge in [0.25, 0.3) is 0 Å². The first-order valence-electron chi connectivity index (χ1n) is 6.59. The fourth-order valence-corrected chi connectivity index (χ4v) is 1.87. The molecule has 0 aromatic heterocycles. The fourth-order valence-electron chi connectivity index (χ4n) is 1.87. The molecular formula is C17H16FNO3. The zero-order valence-electron chi connectivity index (χ0n) is 12.3. The number of nitrogens with one attached hydrogen (secondary N) is 1. The van der Waals surface area contributed by atoms with E-state index in [0.717, 1.165) is 0 Å². The van der Waals surface area contributed by atoms with Gasteiger partial charge >= 0.3 is 0 Å². The average molecular weight is 301 g/mol. The number of anilines is 1. The summed E-state index contributed by atoms with van der Waals surface area (Å²) in [6.07, 6.45) is 2.89. The van der Waals surface area contributed by atoms with E-state index in [4.69, 9.17) is 9.47 Å². The molecule has 4 nitrogen and oxygen atoms in total. The Hall–Kier alpha value is -2.82. The molecule has 0 radical (unpaired) electrons. The number of carbonyl (C=O) groups excluding carboxylic acids is 1. The first-order valence-corrected chi connectivity index (χ1v) is 6.59. The highest BCUT2D eigenvalue weighted by atomic mass is 19.1. The molecule has 0 unspecified atom stereocenters. The number of para-hydroxylation sites is 1. The highest BCUT2D eigenvalue weighted by Crippen LogP contribution is 2.25. The number of hydrogen-bond donors (Lipinski definition) is 1. The van der Waals surface area contributed by atoms with Gasteiger partial charge in [-0.3, -0.25) is 4.79 Å². The predicted molar refractivity (Wildman–Crippen MR) is 83.6 cm³/mol. The van der Waals surface area contributed by atoms with E-state index in [1.165, 1.54) is 18.2 Å². The minimum Gasteiger partial charge on any atom is -0.497 e. The Balaban J connectivity index is 2.14. The molecule has 0 fully saturated rings. The van der Waals surface area contributed by atoms with E-state index in [2.05, 4.69) is 5.32 Å². The second-order valence-electron chi connectivity index (χ2n) is 4.41. The monoisotopic (exact) mass is 301 g/mol. The minimum atomic E-state index is -0.483. The summed E-state index contributed by atoms with van der Waals surface area (Å²) in [6.45, 7) is 0. The number of rotatable bonds is 5. The summed E-state index contributed by atoms with van der Waals surface area (Å²) in [5.41, 5.74) is 0.820. The van der Waals surface area contributed by atoms with Crippen molar-refractivity contribution >= 4 is 17.7 Å². The Morgan fingerprint density at radius 1 is 1.14 bits per heavy atom. The van der Waals surface area contributed by atoms with Gasteiger partial charge in [-0.05, 0) is 36.4 Å². The van der Waals surface area contributed by atoms with Crippen LogP contribution < -0.4 is 14.8 Å². The third kappa shape index (κ3) is 3.85. The lowest BCUT2D eigenvalue weighted by molar-refractivity contribution is -0.111. The second kappa shape index (κ2) is 7.26. The van der Waals surface area contributed by atoms with Gasteiger partial charge in [0.1, 0.15) is 17.3 Å². The van der Waals surface area contributed by atoms with Gasteiger partial charge < -0.3 is 14.8 Å². The topological polar surface area (TPSA) is 47.6 Å². The maximum absolute atomic E-state index is 13.5. The van der Waals surface area contributed by atoms with E-state index < -0.39 is 11.7 Å². The molecule has 0 atom stereocenters. The summed E-state index contributed by atoms with van der Waals surface area (Å²) in [5, 5.41) is 2.47. The summed E-state index contributed by atoms with van der Waals surface area (Å²) < 4.78 is 23.8. The quantitative estimate of drug-likeness (QED) is 0.860. The van der Waals surface area contributed by atoms with Crippen molar-refractivity contribution in [3.8, 4) is 11.5 Å². The zero-order valence-corrected chi connectivity index (χ0v) is 12.3. The van der Waals surface area contributed by atoms with Crippen LogP contribution in [0.25, 0.3) is 6.08 Å². The summed E-state index contributed by atoms with van der Waals surface area (Å²) in [5.74, 6) is 0.337. The number of ether oxygens (including phenoxy) is 2. The molecule has 1 amide bonds. The first-order chi connectivity index (χ1) is 10.6. The van der Waals surface area contributed by atoms with Crippen molar-refractivity contribution in [2.75, 3.05) is 19.5 Å². The molecule has 22 heavy (non-hydrogen) atoms. The van der Waals surface area contributed by atoms with Crippen LogP contribution in [0.5, 0.6) is 11.5 Å². The van der Waals surface area contributed by atoms with Crippen molar-refractivity contribution in [1.82, 2.24) is 0 Å². The molecule has 0 saturated heterocycles. The highest BCUT2D eigenvalue weighted by molar-refractivity contribution is 6.02. The number of halogens is 1. The van der Waals surface area contributed by atoms with E-state index in [0.29, 0.717) is 17.1 Å². The van der Waals surface area contributed by atoms with Gasteiger partial charge in [-0.2, -0.15) is 0 Å². The Morgan fingerprint density at radius 3 is 2.59 bits per heavy atom. The lowest BCUT2D eigenvalue weighted by atomic mass is 10.1. The molecule has 1 N–H and O–H groups in total. The van der Waals surface area contributed by atoms with Crippen molar-refractivity contribution in [2.45, 2.75) is 0 Å². The van der Waals surface area contributed by atoms with Gasteiger partial charge in [0.05, 0.1) is 19.9 Å². The smallest absolute Gasteiger partial charge is 0.248 e. The molecule has 2 aromatic carbocycles. The Labute approximate surface area is 128 Å². The van der Waals surface area contributed by atoms with Gasteiger partial charge in [-0.1, -0.05) is 12.1 Å². The Kier molecular flexibility index (Phi) is 5.14. The van der Waals surface area contributed by atoms with Crippen molar-refractivity contribution in [3.63, 3.8) is 0 Å². The fraction of sp³-hybridized carbons (Fsp3) is 0.118. The summed E-state index contributed by atoms with van der Waals surface area (Å²) >= 11 is 0. The maximum atomic E-state index is 13.5. The number of hydrogen-bond acceptors (Lipinski definition) is 3. The van der Waals surface area contributed by atoms with Crippen molar-refractivity contribution in [3.05, 3.63) is 59.9 Å². The molecule has 0 heterocycles. The third-order valence-electron chi connectivity index (χ3n) is 2.98. The molecular weight excluding hydrogens is 285 g/mol. The minimum absolute atomic E-state index is 0.134. The SMILES string of the molecule is COc1ccc(OC)c(/C=C/C(=O)Nc2ccccc2F)c1. The van der Waals surface area contributed by atoms with E-state index in [-0.39, 0.29) is 5.69 Å². The van der Waals surface area contributed by atoms with Crippen LogP contribution in [0.4, 0.5) is 10.1 Å². The molecule has 2 aromatic rings. The summed E-state index contributed by atoms with van der Waals surface area (Å²) in [4.78, 5) is 11.9. The molecule has 0 aliphatic heterocycles. The number of amides is 1. The molecule has 0 spiro atoms. The molecule has 0 bridgehead atoms. The van der Waals surface area contributed by atoms with Gasteiger partial charge in [0.2, 0.25) is 5.91 Å². The van der Waals surface area contributed by atoms with Crippen LogP contribution in [0.2, 0.25) is 0 Å². The van der Waals surface area contributed by atoms with Crippen LogP contribution in [-0.4, -0.2) is 20.1 Å². The first kappa shape index (κ1) is 15.6. The number of benzene rings is 2. The third-order valence-corrected chi connectivity index (χ3v) is 2.98. The van der Waals surface area contributed by atoms with Gasteiger partial charge in [0.15, 0.2) is 0 Å². The number of methoxy groups -OCH3 is 2. The molecule has 5 heteroatoms. The Bertz CT molecular complexity index is 698. The van der Waals surface area contributed by atoms with E-state index in [1.807, 2.05) is 0 Å². The molecule has 2 rings (SSSR count). The van der Waals surface area contributed by atoms with Crippen LogP contribution in [-0.2, 0) is 4.79 Å². The van der Waals surface area contributed by atoms with Crippen molar-refractivity contribution < 1.29 is 18.7 Å². The van der Waals surface area contributed by atoms with E-state index >= 15 is 0 Å². The highest BCUT2D eigenvalue weighted by Gasteiger charge is 2.05. The van der Waals surface area contributed by atoms with E-state index in [9.17, 15) is 9.18 Å². The van der Waals surface area contributed by atoms with Crippen LogP contribution in [0, 0.1) is 5.82 Å². The van der Waals surface area contributed by atoms with Gasteiger partial charge in [-0.15, -0.1) is 0 Å². The molecule has 0 aliphatic carbocycles. The van der Waals surface area contributed by atoms with Gasteiger partial charge in [0, 0.05) is 11.6 Å². The van der Waals surface area contributed by atoms with Crippen LogP contribution >= 0.6 is 0 Å². The standard InChI is InChI=1S/C17H16FNO3/c1-21-13-8-9-16(22-2)12(11-13)7-10-17(20)19-15-6-4-3-5-14(15)18/h3-11H,1-2H3,(H,19,20)/b10-7+. The molecule has 114 valence electrons. The summed E-state index contributed by atoms with van der Waals surface area (Å²) in [6, 6.07) is 11.2.